The largest absolute Gasteiger partial charge is 0.494 e. The number of ether oxygens (including phenoxy) is 1. The Morgan fingerprint density at radius 2 is 1.88 bits per heavy atom. The summed E-state index contributed by atoms with van der Waals surface area (Å²) in [4.78, 5) is 30.9. The SMILES string of the molecule is CCOc1ccc(NC(=O)C[C@H]2C(=O)N(c3ccc(Cl)cc3)C(=S)N2CCc2cccs2)cc1. The quantitative estimate of drug-likeness (QED) is 0.389. The van der Waals surface area contributed by atoms with Crippen LogP contribution in [0.4, 0.5) is 11.4 Å². The van der Waals surface area contributed by atoms with Crippen LogP contribution in [-0.4, -0.2) is 41.0 Å². The molecule has 1 atom stereocenters. The highest BCUT2D eigenvalue weighted by atomic mass is 35.5. The summed E-state index contributed by atoms with van der Waals surface area (Å²) < 4.78 is 5.44. The number of anilines is 2. The number of nitrogens with zero attached hydrogens (tertiary/aromatic N) is 2. The first-order chi connectivity index (χ1) is 16.5. The van der Waals surface area contributed by atoms with Gasteiger partial charge in [-0.3, -0.25) is 14.5 Å². The second-order valence-corrected chi connectivity index (χ2v) is 9.51. The van der Waals surface area contributed by atoms with E-state index in [-0.39, 0.29) is 18.2 Å². The molecule has 1 aromatic heterocycles. The summed E-state index contributed by atoms with van der Waals surface area (Å²) in [7, 11) is 0. The molecule has 1 saturated heterocycles. The van der Waals surface area contributed by atoms with E-state index in [4.69, 9.17) is 28.6 Å². The molecular formula is C25H24ClN3O3S2. The first-order valence-corrected chi connectivity index (χ1v) is 12.6. The van der Waals surface area contributed by atoms with Crippen molar-refractivity contribution in [1.29, 1.82) is 0 Å². The van der Waals surface area contributed by atoms with Crippen LogP contribution in [0.2, 0.25) is 5.02 Å². The highest BCUT2D eigenvalue weighted by molar-refractivity contribution is 7.80. The Balaban J connectivity index is 1.51. The predicted molar refractivity (Wildman–Crippen MR) is 141 cm³/mol. The van der Waals surface area contributed by atoms with E-state index in [9.17, 15) is 9.59 Å². The number of amides is 2. The standard InChI is InChI=1S/C25H24ClN3O3S2/c1-2-32-20-11-7-18(8-12-20)27-23(30)16-22-24(31)29(19-9-5-17(26)6-10-19)25(33)28(22)14-13-21-4-3-15-34-21/h3-12,15,22H,2,13-14,16H2,1H3,(H,27,30)/t22-/m0/s1. The zero-order valence-electron chi connectivity index (χ0n) is 18.6. The first-order valence-electron chi connectivity index (χ1n) is 10.9. The van der Waals surface area contributed by atoms with Crippen LogP contribution in [0.1, 0.15) is 18.2 Å². The van der Waals surface area contributed by atoms with Gasteiger partial charge in [0.2, 0.25) is 5.91 Å². The third-order valence-corrected chi connectivity index (χ3v) is 7.02. The van der Waals surface area contributed by atoms with Crippen LogP contribution in [0, 0.1) is 0 Å². The number of carbonyl (C=O) groups is 2. The fourth-order valence-electron chi connectivity index (χ4n) is 3.79. The number of benzene rings is 2. The second-order valence-electron chi connectivity index (χ2n) is 7.68. The van der Waals surface area contributed by atoms with Gasteiger partial charge in [-0.05, 0) is 85.5 Å². The Bertz CT molecular complexity index is 1150. The van der Waals surface area contributed by atoms with Crippen LogP contribution in [0.5, 0.6) is 5.75 Å². The number of rotatable bonds is 9. The molecule has 9 heteroatoms. The molecule has 34 heavy (non-hydrogen) atoms. The van der Waals surface area contributed by atoms with Gasteiger partial charge in [0.15, 0.2) is 5.11 Å². The average molecular weight is 514 g/mol. The summed E-state index contributed by atoms with van der Waals surface area (Å²) in [6, 6.07) is 17.4. The van der Waals surface area contributed by atoms with Crippen LogP contribution < -0.4 is 15.0 Å². The van der Waals surface area contributed by atoms with Crippen LogP contribution in [-0.2, 0) is 16.0 Å². The van der Waals surface area contributed by atoms with Crippen molar-refractivity contribution in [3.05, 3.63) is 75.9 Å². The van der Waals surface area contributed by atoms with Crippen LogP contribution in [0.3, 0.4) is 0 Å². The van der Waals surface area contributed by atoms with Gasteiger partial charge in [-0.1, -0.05) is 17.7 Å². The maximum Gasteiger partial charge on any atom is 0.256 e. The molecule has 2 amide bonds. The molecule has 0 radical (unpaired) electrons. The number of nitrogens with one attached hydrogen (secondary N) is 1. The molecule has 0 spiro atoms. The molecule has 0 aliphatic carbocycles. The van der Waals surface area contributed by atoms with E-state index in [0.29, 0.717) is 34.7 Å². The van der Waals surface area contributed by atoms with E-state index < -0.39 is 6.04 Å². The maximum atomic E-state index is 13.4. The second kappa shape index (κ2) is 11.0. The van der Waals surface area contributed by atoms with Gasteiger partial charge >= 0.3 is 0 Å². The number of thiocarbonyl (C=S) groups is 1. The number of hydrogen-bond donors (Lipinski definition) is 1. The fourth-order valence-corrected chi connectivity index (χ4v) is 5.03. The number of thiophene rings is 1. The summed E-state index contributed by atoms with van der Waals surface area (Å²) in [5.41, 5.74) is 1.27. The molecule has 1 aliphatic rings. The summed E-state index contributed by atoms with van der Waals surface area (Å²) in [5, 5.41) is 5.86. The molecule has 2 aromatic carbocycles. The average Bonchev–Trinajstić information content (AvgIpc) is 3.42. The Morgan fingerprint density at radius 1 is 1.15 bits per heavy atom. The minimum atomic E-state index is -0.689. The molecule has 1 N–H and O–H groups in total. The van der Waals surface area contributed by atoms with Crippen molar-refractivity contribution in [2.45, 2.75) is 25.8 Å². The molecule has 176 valence electrons. The number of halogens is 1. The zero-order chi connectivity index (χ0) is 24.1. The summed E-state index contributed by atoms with van der Waals surface area (Å²) in [5.74, 6) is 0.250. The Kier molecular flexibility index (Phi) is 7.82. The minimum Gasteiger partial charge on any atom is -0.494 e. The number of carbonyl (C=O) groups excluding carboxylic acids is 2. The van der Waals surface area contributed by atoms with Gasteiger partial charge in [-0.25, -0.2) is 0 Å². The third kappa shape index (κ3) is 5.58. The van der Waals surface area contributed by atoms with Crippen molar-refractivity contribution in [2.75, 3.05) is 23.4 Å². The Hall–Kier alpha value is -2.94. The van der Waals surface area contributed by atoms with Gasteiger partial charge in [0.05, 0.1) is 18.7 Å². The van der Waals surface area contributed by atoms with Crippen LogP contribution in [0.15, 0.2) is 66.0 Å². The Labute approximate surface area is 213 Å². The molecule has 1 aliphatic heterocycles. The highest BCUT2D eigenvalue weighted by Gasteiger charge is 2.43. The van der Waals surface area contributed by atoms with Crippen molar-refractivity contribution in [1.82, 2.24) is 4.90 Å². The maximum absolute atomic E-state index is 13.4. The Morgan fingerprint density at radius 3 is 2.53 bits per heavy atom. The van der Waals surface area contributed by atoms with Gasteiger partial charge in [-0.2, -0.15) is 0 Å². The molecule has 0 saturated carbocycles. The predicted octanol–water partition coefficient (Wildman–Crippen LogP) is 5.37. The minimum absolute atomic E-state index is 0.0132. The van der Waals surface area contributed by atoms with Crippen molar-refractivity contribution in [3.8, 4) is 5.75 Å². The molecule has 6 nitrogen and oxygen atoms in total. The van der Waals surface area contributed by atoms with E-state index >= 15 is 0 Å². The van der Waals surface area contributed by atoms with Crippen molar-refractivity contribution < 1.29 is 14.3 Å². The van der Waals surface area contributed by atoms with Gasteiger partial charge in [-0.15, -0.1) is 11.3 Å². The smallest absolute Gasteiger partial charge is 0.256 e. The van der Waals surface area contributed by atoms with Gasteiger partial charge in [0.25, 0.3) is 5.91 Å². The van der Waals surface area contributed by atoms with Crippen LogP contribution >= 0.6 is 35.2 Å². The third-order valence-electron chi connectivity index (χ3n) is 5.41. The van der Waals surface area contributed by atoms with Crippen molar-refractivity contribution in [2.24, 2.45) is 0 Å². The zero-order valence-corrected chi connectivity index (χ0v) is 21.0. The normalized spacial score (nSPS) is 15.6. The molecule has 1 fully saturated rings. The van der Waals surface area contributed by atoms with Gasteiger partial charge in [0.1, 0.15) is 11.8 Å². The lowest BCUT2D eigenvalue weighted by Gasteiger charge is -2.23. The monoisotopic (exact) mass is 513 g/mol. The van der Waals surface area contributed by atoms with E-state index in [1.54, 1.807) is 59.9 Å². The molecule has 0 unspecified atom stereocenters. The van der Waals surface area contributed by atoms with Crippen molar-refractivity contribution >= 4 is 63.5 Å². The topological polar surface area (TPSA) is 61.9 Å². The summed E-state index contributed by atoms with van der Waals surface area (Å²) in [6.07, 6.45) is 0.720. The summed E-state index contributed by atoms with van der Waals surface area (Å²) in [6.45, 7) is 3.02. The fraction of sp³-hybridized carbons (Fsp3) is 0.240. The molecule has 2 heterocycles. The lowest BCUT2D eigenvalue weighted by Crippen LogP contribution is -2.39. The molecular weight excluding hydrogens is 490 g/mol. The van der Waals surface area contributed by atoms with E-state index in [1.807, 2.05) is 23.3 Å². The van der Waals surface area contributed by atoms with Gasteiger partial charge in [0, 0.05) is 22.1 Å². The molecule has 3 aromatic rings. The van der Waals surface area contributed by atoms with E-state index in [0.717, 1.165) is 12.2 Å². The lowest BCUT2D eigenvalue weighted by atomic mass is 10.1. The first kappa shape index (κ1) is 24.2. The molecule has 0 bridgehead atoms. The molecule has 4 rings (SSSR count). The summed E-state index contributed by atoms with van der Waals surface area (Å²) >= 11 is 13.4. The van der Waals surface area contributed by atoms with Crippen molar-refractivity contribution in [3.63, 3.8) is 0 Å². The highest BCUT2D eigenvalue weighted by Crippen LogP contribution is 2.29. The van der Waals surface area contributed by atoms with Crippen LogP contribution in [0.25, 0.3) is 0 Å². The van der Waals surface area contributed by atoms with E-state index in [1.165, 1.54) is 9.78 Å². The van der Waals surface area contributed by atoms with Gasteiger partial charge < -0.3 is 15.0 Å². The number of hydrogen-bond acceptors (Lipinski definition) is 5. The van der Waals surface area contributed by atoms with E-state index in [2.05, 4.69) is 11.4 Å². The lowest BCUT2D eigenvalue weighted by molar-refractivity contribution is -0.124.